The zero-order valence-electron chi connectivity index (χ0n) is 16.1. The molecule has 2 heterocycles. The van der Waals surface area contributed by atoms with Gasteiger partial charge in [0, 0.05) is 22.8 Å². The number of nitrogens with zero attached hydrogens (tertiary/aromatic N) is 1. The van der Waals surface area contributed by atoms with Crippen molar-refractivity contribution < 1.29 is 9.90 Å². The lowest BCUT2D eigenvalue weighted by atomic mass is 9.92. The van der Waals surface area contributed by atoms with E-state index in [-0.39, 0.29) is 0 Å². The number of piperidine rings is 1. The van der Waals surface area contributed by atoms with E-state index in [4.69, 9.17) is 5.11 Å². The first kappa shape index (κ1) is 19.3. The molecule has 28 heavy (non-hydrogen) atoms. The van der Waals surface area contributed by atoms with Crippen LogP contribution in [0.25, 0.3) is 5.57 Å². The molecule has 0 atom stereocenters. The molecule has 0 bridgehead atoms. The Balaban J connectivity index is 1.39. The van der Waals surface area contributed by atoms with Crippen LogP contribution >= 0.6 is 11.8 Å². The topological polar surface area (TPSA) is 40.5 Å². The van der Waals surface area contributed by atoms with Crippen LogP contribution in [0.15, 0.2) is 64.4 Å². The van der Waals surface area contributed by atoms with Crippen molar-refractivity contribution in [1.29, 1.82) is 0 Å². The lowest BCUT2D eigenvalue weighted by Crippen LogP contribution is -2.34. The SMILES string of the molecule is O=C(O)CCC1CCN(CCC=C2c3ccccc3Sc3ccccc32)CC1. The van der Waals surface area contributed by atoms with Gasteiger partial charge in [0.15, 0.2) is 0 Å². The molecule has 3 nitrogen and oxygen atoms in total. The summed E-state index contributed by atoms with van der Waals surface area (Å²) in [7, 11) is 0. The number of rotatable bonds is 6. The van der Waals surface area contributed by atoms with Crippen LogP contribution in [0.1, 0.15) is 43.2 Å². The number of benzene rings is 2. The number of aliphatic carboxylic acids is 1. The molecule has 0 spiro atoms. The number of carbonyl (C=O) groups is 1. The minimum atomic E-state index is -0.666. The molecule has 0 unspecified atom stereocenters. The number of carboxylic acid groups (broad SMARTS) is 1. The molecule has 2 aromatic carbocycles. The zero-order valence-corrected chi connectivity index (χ0v) is 17.0. The molecule has 1 fully saturated rings. The molecule has 2 aromatic rings. The van der Waals surface area contributed by atoms with Gasteiger partial charge in [-0.2, -0.15) is 0 Å². The van der Waals surface area contributed by atoms with Crippen molar-refractivity contribution in [2.24, 2.45) is 5.92 Å². The average molecular weight is 394 g/mol. The van der Waals surface area contributed by atoms with Gasteiger partial charge in [-0.3, -0.25) is 4.79 Å². The third-order valence-corrected chi connectivity index (χ3v) is 6.99. The Bertz CT molecular complexity index is 821. The predicted molar refractivity (Wildman–Crippen MR) is 115 cm³/mol. The normalized spacial score (nSPS) is 17.1. The number of hydrogen-bond acceptors (Lipinski definition) is 3. The van der Waals surface area contributed by atoms with E-state index in [1.54, 1.807) is 0 Å². The standard InChI is InChI=1S/C24H27NO2S/c26-24(27)12-11-18-13-16-25(17-14-18)15-5-8-19-20-6-1-3-9-22(20)28-23-10-4-2-7-21(19)23/h1-4,6-10,18H,5,11-17H2,(H,26,27). The maximum absolute atomic E-state index is 10.8. The Morgan fingerprint density at radius 2 is 1.64 bits per heavy atom. The fourth-order valence-electron chi connectivity index (χ4n) is 4.26. The quantitative estimate of drug-likeness (QED) is 0.596. The summed E-state index contributed by atoms with van der Waals surface area (Å²) in [6.07, 6.45) is 6.86. The van der Waals surface area contributed by atoms with Crippen LogP contribution in [0.5, 0.6) is 0 Å². The molecule has 0 aliphatic carbocycles. The van der Waals surface area contributed by atoms with Gasteiger partial charge in [0.2, 0.25) is 0 Å². The molecular formula is C24H27NO2S. The van der Waals surface area contributed by atoms with E-state index in [2.05, 4.69) is 59.5 Å². The first-order valence-corrected chi connectivity index (χ1v) is 11.0. The number of hydrogen-bond donors (Lipinski definition) is 1. The molecule has 0 radical (unpaired) electrons. The summed E-state index contributed by atoms with van der Waals surface area (Å²) in [6, 6.07) is 17.4. The maximum Gasteiger partial charge on any atom is 0.303 e. The fourth-order valence-corrected chi connectivity index (χ4v) is 5.36. The molecule has 2 aliphatic rings. The summed E-state index contributed by atoms with van der Waals surface area (Å²) in [5.74, 6) is -0.0833. The summed E-state index contributed by atoms with van der Waals surface area (Å²) < 4.78 is 0. The second-order valence-electron chi connectivity index (χ2n) is 7.72. The monoisotopic (exact) mass is 393 g/mol. The van der Waals surface area contributed by atoms with Crippen molar-refractivity contribution in [3.63, 3.8) is 0 Å². The second-order valence-corrected chi connectivity index (χ2v) is 8.80. The summed E-state index contributed by atoms with van der Waals surface area (Å²) >= 11 is 1.86. The van der Waals surface area contributed by atoms with Gasteiger partial charge < -0.3 is 10.0 Å². The van der Waals surface area contributed by atoms with Crippen LogP contribution in [0.2, 0.25) is 0 Å². The Morgan fingerprint density at radius 3 is 2.25 bits per heavy atom. The fraction of sp³-hybridized carbons (Fsp3) is 0.375. The molecule has 2 aliphatic heterocycles. The van der Waals surface area contributed by atoms with E-state index >= 15 is 0 Å². The van der Waals surface area contributed by atoms with Gasteiger partial charge in [0.05, 0.1) is 0 Å². The third kappa shape index (κ3) is 4.50. The highest BCUT2D eigenvalue weighted by molar-refractivity contribution is 7.99. The van der Waals surface area contributed by atoms with Crippen molar-refractivity contribution >= 4 is 23.3 Å². The second kappa shape index (κ2) is 8.97. The minimum absolute atomic E-state index is 0.313. The molecule has 0 amide bonds. The van der Waals surface area contributed by atoms with Crippen LogP contribution < -0.4 is 0 Å². The molecule has 4 rings (SSSR count). The van der Waals surface area contributed by atoms with E-state index in [1.807, 2.05) is 11.8 Å². The Kier molecular flexibility index (Phi) is 6.18. The van der Waals surface area contributed by atoms with Gasteiger partial charge in [-0.1, -0.05) is 54.2 Å². The Labute approximate surface area is 171 Å². The number of fused-ring (bicyclic) bond motifs is 2. The van der Waals surface area contributed by atoms with Crippen LogP contribution in [0.3, 0.4) is 0 Å². The van der Waals surface area contributed by atoms with Gasteiger partial charge in [-0.05, 0) is 73.5 Å². The van der Waals surface area contributed by atoms with Gasteiger partial charge in [-0.25, -0.2) is 0 Å². The van der Waals surface area contributed by atoms with E-state index < -0.39 is 5.97 Å². The molecule has 146 valence electrons. The molecule has 4 heteroatoms. The average Bonchev–Trinajstić information content (AvgIpc) is 2.72. The Hall–Kier alpha value is -2.04. The van der Waals surface area contributed by atoms with Crippen molar-refractivity contribution in [1.82, 2.24) is 4.90 Å². The zero-order chi connectivity index (χ0) is 19.3. The minimum Gasteiger partial charge on any atom is -0.481 e. The van der Waals surface area contributed by atoms with E-state index in [0.717, 1.165) is 45.3 Å². The van der Waals surface area contributed by atoms with Gasteiger partial charge in [-0.15, -0.1) is 0 Å². The number of likely N-dealkylation sites (tertiary alicyclic amines) is 1. The lowest BCUT2D eigenvalue weighted by molar-refractivity contribution is -0.137. The first-order chi connectivity index (χ1) is 13.7. The summed E-state index contributed by atoms with van der Waals surface area (Å²) in [5, 5.41) is 8.86. The van der Waals surface area contributed by atoms with E-state index in [1.165, 1.54) is 26.5 Å². The van der Waals surface area contributed by atoms with Crippen LogP contribution in [0.4, 0.5) is 0 Å². The predicted octanol–water partition coefficient (Wildman–Crippen LogP) is 5.55. The summed E-state index contributed by atoms with van der Waals surface area (Å²) in [6.45, 7) is 3.26. The highest BCUT2D eigenvalue weighted by atomic mass is 32.2. The van der Waals surface area contributed by atoms with Gasteiger partial charge >= 0.3 is 5.97 Å². The Morgan fingerprint density at radius 1 is 1.04 bits per heavy atom. The highest BCUT2D eigenvalue weighted by Gasteiger charge is 2.21. The van der Waals surface area contributed by atoms with Crippen LogP contribution in [-0.4, -0.2) is 35.6 Å². The maximum atomic E-state index is 10.8. The molecular weight excluding hydrogens is 366 g/mol. The van der Waals surface area contributed by atoms with E-state index in [0.29, 0.717) is 12.3 Å². The third-order valence-electron chi connectivity index (χ3n) is 5.84. The van der Waals surface area contributed by atoms with Crippen LogP contribution in [0, 0.1) is 5.92 Å². The largest absolute Gasteiger partial charge is 0.481 e. The molecule has 1 N–H and O–H groups in total. The van der Waals surface area contributed by atoms with Crippen molar-refractivity contribution in [3.05, 3.63) is 65.7 Å². The smallest absolute Gasteiger partial charge is 0.303 e. The van der Waals surface area contributed by atoms with Crippen molar-refractivity contribution in [2.75, 3.05) is 19.6 Å². The summed E-state index contributed by atoms with van der Waals surface area (Å²) in [5.41, 5.74) is 4.05. The highest BCUT2D eigenvalue weighted by Crippen LogP contribution is 2.45. The van der Waals surface area contributed by atoms with Crippen molar-refractivity contribution in [2.45, 2.75) is 41.9 Å². The number of carboxylic acids is 1. The van der Waals surface area contributed by atoms with Crippen molar-refractivity contribution in [3.8, 4) is 0 Å². The van der Waals surface area contributed by atoms with E-state index in [9.17, 15) is 4.79 Å². The van der Waals surface area contributed by atoms with Gasteiger partial charge in [0.1, 0.15) is 0 Å². The summed E-state index contributed by atoms with van der Waals surface area (Å²) in [4.78, 5) is 16.0. The molecule has 0 aromatic heterocycles. The van der Waals surface area contributed by atoms with Gasteiger partial charge in [0.25, 0.3) is 0 Å². The molecule has 1 saturated heterocycles. The van der Waals surface area contributed by atoms with Crippen LogP contribution in [-0.2, 0) is 4.79 Å². The first-order valence-electron chi connectivity index (χ1n) is 10.2. The molecule has 0 saturated carbocycles. The lowest BCUT2D eigenvalue weighted by Gasteiger charge is -2.31.